The summed E-state index contributed by atoms with van der Waals surface area (Å²) in [5.41, 5.74) is 0. The van der Waals surface area contributed by atoms with Crippen LogP contribution in [0.1, 0.15) is 0 Å². The Kier molecular flexibility index (Phi) is 9.07. The Labute approximate surface area is 87.2 Å². The predicted octanol–water partition coefficient (Wildman–Crippen LogP) is -0.852. The molecule has 0 amide bonds. The van der Waals surface area contributed by atoms with Gasteiger partial charge >= 0.3 is 7.82 Å². The summed E-state index contributed by atoms with van der Waals surface area (Å²) >= 11 is 0. The van der Waals surface area contributed by atoms with E-state index in [9.17, 15) is 13.0 Å². The quantitative estimate of drug-likeness (QED) is 0.286. The summed E-state index contributed by atoms with van der Waals surface area (Å²) < 4.78 is 40.8. The molecule has 0 unspecified atom stereocenters. The van der Waals surface area contributed by atoms with Crippen molar-refractivity contribution in [1.29, 1.82) is 0 Å². The van der Waals surface area contributed by atoms with Crippen molar-refractivity contribution in [3.8, 4) is 0 Å². The molecule has 8 nitrogen and oxygen atoms in total. The van der Waals surface area contributed by atoms with Crippen LogP contribution in [0.15, 0.2) is 12.7 Å². The molecular formula is C5H13O8PS. The molecule has 0 aromatic carbocycles. The van der Waals surface area contributed by atoms with E-state index < -0.39 is 30.3 Å². The lowest BCUT2D eigenvalue weighted by molar-refractivity contribution is 0.216. The Balaban J connectivity index is 0. The first-order chi connectivity index (χ1) is 6.62. The summed E-state index contributed by atoms with van der Waals surface area (Å²) in [5, 5.41) is 7.86. The molecule has 92 valence electrons. The lowest BCUT2D eigenvalue weighted by Crippen LogP contribution is -2.06. The maximum Gasteiger partial charge on any atom is 0.469 e. The first kappa shape index (κ1) is 17.1. The molecular weight excluding hydrogens is 251 g/mol. The first-order valence-corrected chi connectivity index (χ1v) is 6.63. The van der Waals surface area contributed by atoms with Crippen LogP contribution in [-0.4, -0.2) is 46.8 Å². The Morgan fingerprint density at radius 1 is 1.40 bits per heavy atom. The van der Waals surface area contributed by atoms with Crippen LogP contribution in [0.2, 0.25) is 0 Å². The lowest BCUT2D eigenvalue weighted by atomic mass is 10.7. The fourth-order valence-electron chi connectivity index (χ4n) is 0.265. The minimum absolute atomic E-state index is 0.121. The molecule has 0 radical (unpaired) electrons. The van der Waals surface area contributed by atoms with Gasteiger partial charge in [-0.2, -0.15) is 8.42 Å². The van der Waals surface area contributed by atoms with Crippen molar-refractivity contribution >= 4 is 17.9 Å². The summed E-state index contributed by atoms with van der Waals surface area (Å²) in [6.45, 7) is 2.55. The third-order valence-electron chi connectivity index (χ3n) is 0.710. The van der Waals surface area contributed by atoms with Gasteiger partial charge in [0.15, 0.2) is 0 Å². The highest BCUT2D eigenvalue weighted by atomic mass is 32.2. The van der Waals surface area contributed by atoms with E-state index in [2.05, 4.69) is 11.1 Å². The van der Waals surface area contributed by atoms with Crippen molar-refractivity contribution in [3.05, 3.63) is 12.7 Å². The molecule has 0 heterocycles. The van der Waals surface area contributed by atoms with Crippen LogP contribution in [0.5, 0.6) is 0 Å². The van der Waals surface area contributed by atoms with Gasteiger partial charge in [0.2, 0.25) is 0 Å². The molecule has 0 spiro atoms. The fraction of sp³-hybridized carbons (Fsp3) is 0.600. The van der Waals surface area contributed by atoms with Gasteiger partial charge in [0.25, 0.3) is 10.1 Å². The second-order valence-corrected chi connectivity index (χ2v) is 4.90. The molecule has 0 saturated carbocycles. The predicted molar refractivity (Wildman–Crippen MR) is 51.7 cm³/mol. The Morgan fingerprint density at radius 2 is 1.87 bits per heavy atom. The highest BCUT2D eigenvalue weighted by Crippen LogP contribution is 2.35. The number of hydrogen-bond acceptors (Lipinski definition) is 5. The van der Waals surface area contributed by atoms with Gasteiger partial charge in [-0.3, -0.25) is 9.08 Å². The molecule has 4 N–H and O–H groups in total. The molecule has 0 fully saturated rings. The number of hydrogen-bond donors (Lipinski definition) is 4. The van der Waals surface area contributed by atoms with Crippen molar-refractivity contribution in [3.63, 3.8) is 0 Å². The van der Waals surface area contributed by atoms with Gasteiger partial charge in [0.1, 0.15) is 0 Å². The van der Waals surface area contributed by atoms with Crippen LogP contribution in [0, 0.1) is 0 Å². The molecule has 0 bridgehead atoms. The highest BCUT2D eigenvalue weighted by molar-refractivity contribution is 7.85. The van der Waals surface area contributed by atoms with Crippen molar-refractivity contribution in [2.75, 3.05) is 19.0 Å². The number of aliphatic hydroxyl groups is 1. The Morgan fingerprint density at radius 3 is 1.93 bits per heavy atom. The number of aliphatic hydroxyl groups excluding tert-OH is 1. The van der Waals surface area contributed by atoms with Crippen molar-refractivity contribution < 1.29 is 37.0 Å². The average Bonchev–Trinajstić information content (AvgIpc) is 1.98. The highest BCUT2D eigenvalue weighted by Gasteiger charge is 2.10. The molecule has 0 aliphatic rings. The van der Waals surface area contributed by atoms with E-state index >= 15 is 0 Å². The molecule has 0 rings (SSSR count). The van der Waals surface area contributed by atoms with E-state index in [1.807, 2.05) is 0 Å². The summed E-state index contributed by atoms with van der Waals surface area (Å²) in [6.07, 6.45) is 1.26. The smallest absolute Gasteiger partial charge is 0.395 e. The van der Waals surface area contributed by atoms with Crippen LogP contribution in [-0.2, 0) is 19.2 Å². The topological polar surface area (TPSA) is 141 Å². The third-order valence-corrected chi connectivity index (χ3v) is 1.89. The Hall–Kier alpha value is -0.280. The van der Waals surface area contributed by atoms with E-state index in [0.717, 1.165) is 0 Å². The van der Waals surface area contributed by atoms with Crippen LogP contribution in [0.25, 0.3) is 0 Å². The number of rotatable bonds is 5. The largest absolute Gasteiger partial charge is 0.469 e. The standard InChI is InChI=1S/C3H7O4P.C2H6O4S/c1-2-3-7-8(4,5)6;3-1-2-7(4,5)6/h2H,1,3H2,(H2,4,5,6);3H,1-2H2,(H,4,5,6). The van der Waals surface area contributed by atoms with E-state index in [-0.39, 0.29) is 6.61 Å². The van der Waals surface area contributed by atoms with Crippen molar-refractivity contribution in [2.24, 2.45) is 0 Å². The first-order valence-electron chi connectivity index (χ1n) is 3.49. The minimum atomic E-state index is -4.25. The van der Waals surface area contributed by atoms with Gasteiger partial charge in [-0.15, -0.1) is 6.58 Å². The molecule has 0 atom stereocenters. The SMILES string of the molecule is C=CCOP(=O)(O)O.O=S(=O)(O)CCO. The molecule has 0 aromatic heterocycles. The second kappa shape index (κ2) is 7.94. The Bertz CT molecular complexity index is 303. The molecule has 10 heteroatoms. The van der Waals surface area contributed by atoms with Gasteiger partial charge in [0.05, 0.1) is 19.0 Å². The summed E-state index contributed by atoms with van der Waals surface area (Å²) in [6, 6.07) is 0. The van der Waals surface area contributed by atoms with Gasteiger partial charge in [0, 0.05) is 0 Å². The summed E-state index contributed by atoms with van der Waals surface area (Å²) in [5.74, 6) is -0.576. The van der Waals surface area contributed by atoms with Gasteiger partial charge in [-0.05, 0) is 0 Å². The van der Waals surface area contributed by atoms with E-state index in [4.69, 9.17) is 19.4 Å². The number of phosphoric acid groups is 1. The fourth-order valence-corrected chi connectivity index (χ4v) is 0.795. The normalized spacial score (nSPS) is 11.5. The van der Waals surface area contributed by atoms with Crippen LogP contribution < -0.4 is 0 Å². The molecule has 15 heavy (non-hydrogen) atoms. The maximum absolute atomic E-state index is 9.81. The van der Waals surface area contributed by atoms with Crippen molar-refractivity contribution in [2.45, 2.75) is 0 Å². The van der Waals surface area contributed by atoms with Crippen LogP contribution in [0.3, 0.4) is 0 Å². The van der Waals surface area contributed by atoms with Crippen LogP contribution >= 0.6 is 7.82 Å². The van der Waals surface area contributed by atoms with E-state index in [1.165, 1.54) is 6.08 Å². The summed E-state index contributed by atoms with van der Waals surface area (Å²) in [4.78, 5) is 16.0. The summed E-state index contributed by atoms with van der Waals surface area (Å²) in [7, 11) is -8.18. The van der Waals surface area contributed by atoms with Gasteiger partial charge in [-0.1, -0.05) is 6.08 Å². The monoisotopic (exact) mass is 264 g/mol. The number of phosphoric ester groups is 1. The second-order valence-electron chi connectivity index (χ2n) is 2.08. The average molecular weight is 264 g/mol. The van der Waals surface area contributed by atoms with Gasteiger partial charge in [-0.25, -0.2) is 4.57 Å². The molecule has 0 aliphatic heterocycles. The minimum Gasteiger partial charge on any atom is -0.395 e. The lowest BCUT2D eigenvalue weighted by Gasteiger charge is -1.98. The molecule has 0 aromatic rings. The van der Waals surface area contributed by atoms with E-state index in [0.29, 0.717) is 0 Å². The van der Waals surface area contributed by atoms with Crippen LogP contribution in [0.4, 0.5) is 0 Å². The maximum atomic E-state index is 9.81. The van der Waals surface area contributed by atoms with Crippen molar-refractivity contribution in [1.82, 2.24) is 0 Å². The zero-order valence-electron chi connectivity index (χ0n) is 7.68. The van der Waals surface area contributed by atoms with Gasteiger partial charge < -0.3 is 14.9 Å². The zero-order chi connectivity index (χ0) is 12.5. The van der Waals surface area contributed by atoms with E-state index in [1.54, 1.807) is 0 Å². The molecule has 0 aliphatic carbocycles. The molecule has 0 saturated heterocycles. The third kappa shape index (κ3) is 24.8. The zero-order valence-corrected chi connectivity index (χ0v) is 9.39.